The molecular weight excluding hydrogens is 321 g/mol. The highest BCUT2D eigenvalue weighted by molar-refractivity contribution is 6.50. The summed E-state index contributed by atoms with van der Waals surface area (Å²) in [6.45, 7) is 6.71. The molecule has 1 aromatic rings. The summed E-state index contributed by atoms with van der Waals surface area (Å²) in [5, 5.41) is 8.73. The van der Waals surface area contributed by atoms with E-state index in [1.807, 2.05) is 24.3 Å². The summed E-state index contributed by atoms with van der Waals surface area (Å²) in [5.74, 6) is 0. The maximum atomic E-state index is 9.75. The molecule has 0 saturated heterocycles. The predicted molar refractivity (Wildman–Crippen MR) is 92.6 cm³/mol. The first-order chi connectivity index (χ1) is 11.3. The minimum Gasteiger partial charge on any atom is -0.418 e. The lowest BCUT2D eigenvalue weighted by molar-refractivity contribution is 0.368. The highest BCUT2D eigenvalue weighted by Crippen LogP contribution is 2.21. The van der Waals surface area contributed by atoms with Crippen LogP contribution in [0.1, 0.15) is 52.4 Å². The molecule has 0 bridgehead atoms. The average Bonchev–Trinajstić information content (AvgIpc) is 2.52. The van der Waals surface area contributed by atoms with Crippen molar-refractivity contribution < 1.29 is 17.3 Å². The van der Waals surface area contributed by atoms with Gasteiger partial charge in [0.1, 0.15) is 0 Å². The number of hydrogen-bond acceptors (Lipinski definition) is 2. The van der Waals surface area contributed by atoms with Crippen LogP contribution in [0, 0.1) is 5.39 Å². The predicted octanol–water partition coefficient (Wildman–Crippen LogP) is 6.66. The molecule has 0 fully saturated rings. The molecule has 1 aromatic carbocycles. The number of rotatable bonds is 9. The maximum absolute atomic E-state index is 9.75. The fourth-order valence-corrected chi connectivity index (χ4v) is 2.21. The third kappa shape index (κ3) is 12.7. The highest BCUT2D eigenvalue weighted by atomic mass is 19.5. The van der Waals surface area contributed by atoms with Gasteiger partial charge in [0.15, 0.2) is 4.98 Å². The Morgan fingerprint density at radius 2 is 1.29 bits per heavy atom. The van der Waals surface area contributed by atoms with E-state index in [0.717, 1.165) is 13.1 Å². The molecule has 0 aliphatic heterocycles. The Bertz CT molecular complexity index is 456. The molecule has 0 aromatic heterocycles. The number of hydrogen-bond donors (Lipinski definition) is 0. The molecule has 24 heavy (non-hydrogen) atoms. The van der Waals surface area contributed by atoms with Gasteiger partial charge < -0.3 is 22.2 Å². The molecule has 1 rings (SSSR count). The average molecular weight is 347 g/mol. The van der Waals surface area contributed by atoms with Gasteiger partial charge in [-0.2, -0.15) is 0 Å². The van der Waals surface area contributed by atoms with E-state index >= 15 is 0 Å². The molecule has 0 heterocycles. The highest BCUT2D eigenvalue weighted by Gasteiger charge is 2.20. The zero-order valence-electron chi connectivity index (χ0n) is 14.4. The zero-order valence-corrected chi connectivity index (χ0v) is 14.4. The largest absolute Gasteiger partial charge is 0.673 e. The van der Waals surface area contributed by atoms with Gasteiger partial charge in [0.25, 0.3) is 0 Å². The van der Waals surface area contributed by atoms with E-state index < -0.39 is 7.25 Å². The first kappa shape index (κ1) is 22.2. The first-order valence-electron chi connectivity index (χ1n) is 8.39. The Morgan fingerprint density at radius 3 is 1.62 bits per heavy atom. The molecule has 0 saturated carbocycles. The monoisotopic (exact) mass is 347 g/mol. The van der Waals surface area contributed by atoms with Gasteiger partial charge in [-0.25, -0.2) is 0 Å². The standard InChI is InChI=1S/C16H26N3.BF4/c1-3-5-7-13-19(14-8-6-4-2)16-11-9-15(18-17)10-12-16;2-1(3,4)5/h9-12H,3-8,13-14H2,1-2H3;/q+1;-1. The van der Waals surface area contributed by atoms with E-state index in [4.69, 9.17) is 5.39 Å². The van der Waals surface area contributed by atoms with Crippen LogP contribution in [0.3, 0.4) is 0 Å². The molecule has 0 spiro atoms. The van der Waals surface area contributed by atoms with E-state index in [1.54, 1.807) is 0 Å². The lowest BCUT2D eigenvalue weighted by Crippen LogP contribution is -2.25. The molecule has 0 atom stereocenters. The van der Waals surface area contributed by atoms with Crippen molar-refractivity contribution in [2.24, 2.45) is 0 Å². The number of unbranched alkanes of at least 4 members (excludes halogenated alkanes) is 4. The molecule has 0 aliphatic rings. The molecule has 136 valence electrons. The molecule has 0 N–H and O–H groups in total. The molecule has 8 heteroatoms. The third-order valence-corrected chi connectivity index (χ3v) is 3.39. The number of nitrogens with zero attached hydrogens (tertiary/aromatic N) is 3. The maximum Gasteiger partial charge on any atom is 0.673 e. The van der Waals surface area contributed by atoms with Gasteiger partial charge in [0.05, 0.1) is 0 Å². The van der Waals surface area contributed by atoms with E-state index in [0.29, 0.717) is 5.69 Å². The van der Waals surface area contributed by atoms with Crippen molar-refractivity contribution in [1.82, 2.24) is 0 Å². The Labute approximate surface area is 141 Å². The molecule has 0 amide bonds. The molecule has 0 aliphatic carbocycles. The van der Waals surface area contributed by atoms with Gasteiger partial charge in [-0.15, -0.1) is 0 Å². The van der Waals surface area contributed by atoms with Crippen LogP contribution in [0.2, 0.25) is 0 Å². The summed E-state index contributed by atoms with van der Waals surface area (Å²) in [6, 6.07) is 7.82. The summed E-state index contributed by atoms with van der Waals surface area (Å²) < 4.78 is 39.0. The summed E-state index contributed by atoms with van der Waals surface area (Å²) in [4.78, 5) is 5.65. The van der Waals surface area contributed by atoms with Gasteiger partial charge in [0, 0.05) is 30.9 Å². The molecule has 0 radical (unpaired) electrons. The minimum absolute atomic E-state index is 0.616. The van der Waals surface area contributed by atoms with Crippen LogP contribution in [0.5, 0.6) is 0 Å². The van der Waals surface area contributed by atoms with Gasteiger partial charge >= 0.3 is 12.9 Å². The quantitative estimate of drug-likeness (QED) is 0.216. The van der Waals surface area contributed by atoms with Crippen molar-refractivity contribution in [3.05, 3.63) is 29.2 Å². The second-order valence-electron chi connectivity index (χ2n) is 5.51. The van der Waals surface area contributed by atoms with Crippen LogP contribution in [-0.4, -0.2) is 20.3 Å². The third-order valence-electron chi connectivity index (χ3n) is 3.39. The van der Waals surface area contributed by atoms with E-state index in [9.17, 15) is 17.3 Å². The number of diazo groups is 1. The topological polar surface area (TPSA) is 31.4 Å². The minimum atomic E-state index is -6.00. The summed E-state index contributed by atoms with van der Waals surface area (Å²) in [5.41, 5.74) is 1.85. The van der Waals surface area contributed by atoms with Crippen LogP contribution in [0.4, 0.5) is 28.6 Å². The van der Waals surface area contributed by atoms with Crippen molar-refractivity contribution in [3.8, 4) is 0 Å². The van der Waals surface area contributed by atoms with Crippen LogP contribution < -0.4 is 4.90 Å². The van der Waals surface area contributed by atoms with Crippen molar-refractivity contribution in [1.29, 1.82) is 5.39 Å². The fraction of sp³-hybridized carbons (Fsp3) is 0.625. The van der Waals surface area contributed by atoms with Crippen LogP contribution in [0.25, 0.3) is 4.98 Å². The van der Waals surface area contributed by atoms with Crippen molar-refractivity contribution >= 4 is 18.6 Å². The Morgan fingerprint density at radius 1 is 0.875 bits per heavy atom. The summed E-state index contributed by atoms with van der Waals surface area (Å²) >= 11 is 0. The second-order valence-corrected chi connectivity index (χ2v) is 5.51. The summed E-state index contributed by atoms with van der Waals surface area (Å²) in [6.07, 6.45) is 7.57. The van der Waals surface area contributed by atoms with Crippen molar-refractivity contribution in [3.63, 3.8) is 0 Å². The molecule has 0 unspecified atom stereocenters. The SMILES string of the molecule is CCCCCN(CCCCC)c1ccc([N+]#N)cc1.F[B-](F)(F)F. The van der Waals surface area contributed by atoms with E-state index in [-0.39, 0.29) is 0 Å². The van der Waals surface area contributed by atoms with Gasteiger partial charge in [-0.1, -0.05) is 39.5 Å². The lowest BCUT2D eigenvalue weighted by Gasteiger charge is -2.24. The van der Waals surface area contributed by atoms with Crippen LogP contribution in [-0.2, 0) is 0 Å². The normalized spacial score (nSPS) is 10.5. The smallest absolute Gasteiger partial charge is 0.418 e. The van der Waals surface area contributed by atoms with E-state index in [1.165, 1.54) is 44.2 Å². The van der Waals surface area contributed by atoms with Gasteiger partial charge in [0.2, 0.25) is 5.39 Å². The first-order valence-corrected chi connectivity index (χ1v) is 8.39. The number of anilines is 1. The number of benzene rings is 1. The zero-order chi connectivity index (χ0) is 18.4. The van der Waals surface area contributed by atoms with Gasteiger partial charge in [-0.3, -0.25) is 0 Å². The molecular formula is C16H26BF4N3. The summed E-state index contributed by atoms with van der Waals surface area (Å²) in [7, 11) is -6.00. The Kier molecular flexibility index (Phi) is 11.7. The lowest BCUT2D eigenvalue weighted by atomic mass is 10.2. The van der Waals surface area contributed by atoms with E-state index in [2.05, 4.69) is 23.7 Å². The second kappa shape index (κ2) is 12.6. The van der Waals surface area contributed by atoms with Crippen molar-refractivity contribution in [2.45, 2.75) is 52.4 Å². The fourth-order valence-electron chi connectivity index (χ4n) is 2.21. The van der Waals surface area contributed by atoms with Gasteiger partial charge in [-0.05, 0) is 25.0 Å². The number of halogens is 4. The Balaban J connectivity index is 0.000000922. The Hall–Kier alpha value is -1.78. The van der Waals surface area contributed by atoms with Crippen molar-refractivity contribution in [2.75, 3.05) is 18.0 Å². The van der Waals surface area contributed by atoms with Crippen LogP contribution in [0.15, 0.2) is 24.3 Å². The van der Waals surface area contributed by atoms with Crippen LogP contribution >= 0.6 is 0 Å². The molecule has 3 nitrogen and oxygen atoms in total.